The third kappa shape index (κ3) is 1.19. The highest BCUT2D eigenvalue weighted by molar-refractivity contribution is 6.18. The lowest BCUT2D eigenvalue weighted by Crippen LogP contribution is -2.31. The van der Waals surface area contributed by atoms with Crippen LogP contribution >= 0.6 is 0 Å². The summed E-state index contributed by atoms with van der Waals surface area (Å²) in [5.74, 6) is -1.11. The fourth-order valence-electron chi connectivity index (χ4n) is 1.62. The lowest BCUT2D eigenvalue weighted by molar-refractivity contribution is -0.124. The Morgan fingerprint density at radius 3 is 2.86 bits per heavy atom. The number of amides is 2. The van der Waals surface area contributed by atoms with Crippen LogP contribution in [-0.4, -0.2) is 11.8 Å². The van der Waals surface area contributed by atoms with Crippen molar-refractivity contribution in [1.29, 1.82) is 0 Å². The van der Waals surface area contributed by atoms with Gasteiger partial charge < -0.3 is 0 Å². The number of imide groups is 1. The number of hydrogen-bond acceptors (Lipinski definition) is 2. The Morgan fingerprint density at radius 1 is 1.50 bits per heavy atom. The molecule has 1 heterocycles. The Balaban J connectivity index is 2.55. The Bertz CT molecular complexity index is 428. The SMILES string of the molecule is CC(=O)N1C(=O)Cc2ccc(F)cc21. The maximum absolute atomic E-state index is 12.9. The van der Waals surface area contributed by atoms with E-state index in [9.17, 15) is 14.0 Å². The van der Waals surface area contributed by atoms with E-state index >= 15 is 0 Å². The summed E-state index contributed by atoms with van der Waals surface area (Å²) >= 11 is 0. The average Bonchev–Trinajstić information content (AvgIpc) is 2.40. The van der Waals surface area contributed by atoms with Crippen molar-refractivity contribution in [2.24, 2.45) is 0 Å². The molecular weight excluding hydrogens is 185 g/mol. The molecule has 0 N–H and O–H groups in total. The molecule has 0 saturated heterocycles. The van der Waals surface area contributed by atoms with Gasteiger partial charge in [0.1, 0.15) is 5.82 Å². The maximum Gasteiger partial charge on any atom is 0.238 e. The van der Waals surface area contributed by atoms with Crippen LogP contribution in [0.5, 0.6) is 0 Å². The lowest BCUT2D eigenvalue weighted by atomic mass is 10.1. The van der Waals surface area contributed by atoms with Crippen LogP contribution in [0.15, 0.2) is 18.2 Å². The zero-order valence-corrected chi connectivity index (χ0v) is 7.58. The Kier molecular flexibility index (Phi) is 1.84. The summed E-state index contributed by atoms with van der Waals surface area (Å²) < 4.78 is 12.9. The minimum atomic E-state index is -0.440. The molecule has 0 spiro atoms. The van der Waals surface area contributed by atoms with Crippen molar-refractivity contribution in [3.8, 4) is 0 Å². The smallest absolute Gasteiger partial charge is 0.238 e. The molecule has 1 aliphatic heterocycles. The van der Waals surface area contributed by atoms with E-state index in [0.717, 1.165) is 4.90 Å². The highest BCUT2D eigenvalue weighted by Crippen LogP contribution is 2.29. The second-order valence-electron chi connectivity index (χ2n) is 3.20. The molecule has 0 aromatic heterocycles. The van der Waals surface area contributed by atoms with Crippen LogP contribution in [0.1, 0.15) is 12.5 Å². The van der Waals surface area contributed by atoms with Crippen LogP contribution in [-0.2, 0) is 16.0 Å². The van der Waals surface area contributed by atoms with Crippen molar-refractivity contribution in [3.63, 3.8) is 0 Å². The summed E-state index contributed by atoms with van der Waals surface area (Å²) in [7, 11) is 0. The van der Waals surface area contributed by atoms with Gasteiger partial charge in [-0.15, -0.1) is 0 Å². The monoisotopic (exact) mass is 193 g/mol. The summed E-state index contributed by atoms with van der Waals surface area (Å²) in [6.07, 6.45) is 0.176. The van der Waals surface area contributed by atoms with Crippen molar-refractivity contribution < 1.29 is 14.0 Å². The van der Waals surface area contributed by atoms with Gasteiger partial charge in [0.25, 0.3) is 0 Å². The first-order chi connectivity index (χ1) is 6.59. The van der Waals surface area contributed by atoms with Gasteiger partial charge in [-0.1, -0.05) is 6.07 Å². The molecule has 2 rings (SSSR count). The molecule has 0 saturated carbocycles. The van der Waals surface area contributed by atoms with Gasteiger partial charge in [0, 0.05) is 6.92 Å². The van der Waals surface area contributed by atoms with E-state index in [2.05, 4.69) is 0 Å². The third-order valence-electron chi connectivity index (χ3n) is 2.19. The van der Waals surface area contributed by atoms with Gasteiger partial charge in [-0.2, -0.15) is 0 Å². The molecule has 1 aromatic rings. The molecular formula is C10H8FNO2. The Hall–Kier alpha value is -1.71. The Labute approximate surface area is 80.1 Å². The van der Waals surface area contributed by atoms with E-state index in [4.69, 9.17) is 0 Å². The highest BCUT2D eigenvalue weighted by Gasteiger charge is 2.30. The molecule has 0 atom stereocenters. The normalized spacial score (nSPS) is 14.4. The summed E-state index contributed by atoms with van der Waals surface area (Å²) in [6, 6.07) is 4.03. The van der Waals surface area contributed by atoms with Crippen molar-refractivity contribution in [3.05, 3.63) is 29.6 Å². The summed E-state index contributed by atoms with van der Waals surface area (Å²) in [5, 5.41) is 0. The van der Waals surface area contributed by atoms with Crippen LogP contribution in [0.2, 0.25) is 0 Å². The first kappa shape index (κ1) is 8.87. The maximum atomic E-state index is 12.9. The first-order valence-electron chi connectivity index (χ1n) is 4.21. The second-order valence-corrected chi connectivity index (χ2v) is 3.20. The number of benzene rings is 1. The summed E-state index contributed by atoms with van der Waals surface area (Å²) in [6.45, 7) is 1.29. The molecule has 0 unspecified atom stereocenters. The Morgan fingerprint density at radius 2 is 2.21 bits per heavy atom. The van der Waals surface area contributed by atoms with Crippen molar-refractivity contribution in [1.82, 2.24) is 0 Å². The molecule has 1 aromatic carbocycles. The van der Waals surface area contributed by atoms with Gasteiger partial charge in [-0.3, -0.25) is 14.5 Å². The molecule has 4 heteroatoms. The van der Waals surface area contributed by atoms with Crippen LogP contribution in [0.25, 0.3) is 0 Å². The molecule has 3 nitrogen and oxygen atoms in total. The van der Waals surface area contributed by atoms with E-state index < -0.39 is 5.82 Å². The molecule has 0 radical (unpaired) electrons. The number of fused-ring (bicyclic) bond motifs is 1. The standard InChI is InChI=1S/C10H8FNO2/c1-6(13)12-9-5-8(11)3-2-7(9)4-10(12)14/h2-3,5H,4H2,1H3. The van der Waals surface area contributed by atoms with Crippen LogP contribution in [0.3, 0.4) is 0 Å². The second kappa shape index (κ2) is 2.90. The van der Waals surface area contributed by atoms with Crippen molar-refractivity contribution in [2.45, 2.75) is 13.3 Å². The van der Waals surface area contributed by atoms with Crippen LogP contribution in [0, 0.1) is 5.82 Å². The van der Waals surface area contributed by atoms with Gasteiger partial charge in [0.15, 0.2) is 0 Å². The molecule has 0 bridgehead atoms. The van der Waals surface area contributed by atoms with Crippen molar-refractivity contribution in [2.75, 3.05) is 4.90 Å². The fraction of sp³-hybridized carbons (Fsp3) is 0.200. The number of hydrogen-bond donors (Lipinski definition) is 0. The van der Waals surface area contributed by atoms with Gasteiger partial charge in [-0.25, -0.2) is 4.39 Å². The molecule has 1 aliphatic rings. The number of anilines is 1. The predicted octanol–water partition coefficient (Wildman–Crippen LogP) is 1.26. The molecule has 14 heavy (non-hydrogen) atoms. The van der Waals surface area contributed by atoms with E-state index in [1.807, 2.05) is 0 Å². The average molecular weight is 193 g/mol. The zero-order valence-electron chi connectivity index (χ0n) is 7.58. The topological polar surface area (TPSA) is 37.4 Å². The zero-order chi connectivity index (χ0) is 10.3. The summed E-state index contributed by atoms with van der Waals surface area (Å²) in [5.41, 5.74) is 1.08. The predicted molar refractivity (Wildman–Crippen MR) is 48.3 cm³/mol. The number of carbonyl (C=O) groups excluding carboxylic acids is 2. The van der Waals surface area contributed by atoms with Crippen LogP contribution < -0.4 is 4.90 Å². The van der Waals surface area contributed by atoms with Gasteiger partial charge in [-0.05, 0) is 17.7 Å². The largest absolute Gasteiger partial charge is 0.274 e. The minimum absolute atomic E-state index is 0.176. The number of carbonyl (C=O) groups is 2. The molecule has 2 amide bonds. The number of nitrogens with zero attached hydrogens (tertiary/aromatic N) is 1. The van der Waals surface area contributed by atoms with E-state index in [-0.39, 0.29) is 18.2 Å². The number of halogens is 1. The highest BCUT2D eigenvalue weighted by atomic mass is 19.1. The molecule has 72 valence electrons. The van der Waals surface area contributed by atoms with Crippen molar-refractivity contribution >= 4 is 17.5 Å². The first-order valence-corrected chi connectivity index (χ1v) is 4.21. The lowest BCUT2D eigenvalue weighted by Gasteiger charge is -2.12. The minimum Gasteiger partial charge on any atom is -0.274 e. The fourth-order valence-corrected chi connectivity index (χ4v) is 1.62. The van der Waals surface area contributed by atoms with Gasteiger partial charge in [0.2, 0.25) is 11.8 Å². The van der Waals surface area contributed by atoms with E-state index in [1.54, 1.807) is 0 Å². The number of rotatable bonds is 0. The quantitative estimate of drug-likeness (QED) is 0.622. The van der Waals surface area contributed by atoms with Crippen LogP contribution in [0.4, 0.5) is 10.1 Å². The van der Waals surface area contributed by atoms with E-state index in [0.29, 0.717) is 11.3 Å². The molecule has 0 fully saturated rings. The molecule has 0 aliphatic carbocycles. The van der Waals surface area contributed by atoms with Gasteiger partial charge in [0.05, 0.1) is 12.1 Å². The van der Waals surface area contributed by atoms with E-state index in [1.165, 1.54) is 25.1 Å². The van der Waals surface area contributed by atoms with Gasteiger partial charge >= 0.3 is 0 Å². The summed E-state index contributed by atoms with van der Waals surface area (Å²) in [4.78, 5) is 23.5. The third-order valence-corrected chi connectivity index (χ3v) is 2.19.